The van der Waals surface area contributed by atoms with Gasteiger partial charge >= 0.3 is 0 Å². The Balaban J connectivity index is 1.60. The fourth-order valence-corrected chi connectivity index (χ4v) is 3.27. The number of likely N-dealkylation sites (tertiary alicyclic amines) is 1. The Labute approximate surface area is 129 Å². The number of rotatable bonds is 4. The lowest BCUT2D eigenvalue weighted by atomic mass is 9.97. The van der Waals surface area contributed by atoms with E-state index in [1.165, 1.54) is 0 Å². The lowest BCUT2D eigenvalue weighted by Crippen LogP contribution is -2.48. The van der Waals surface area contributed by atoms with Crippen molar-refractivity contribution in [1.82, 2.24) is 10.2 Å². The van der Waals surface area contributed by atoms with Gasteiger partial charge in [0, 0.05) is 13.0 Å². The van der Waals surface area contributed by atoms with Gasteiger partial charge in [-0.15, -0.1) is 0 Å². The molecule has 0 radical (unpaired) electrons. The summed E-state index contributed by atoms with van der Waals surface area (Å²) in [7, 11) is 0. The zero-order valence-electron chi connectivity index (χ0n) is 12.4. The summed E-state index contributed by atoms with van der Waals surface area (Å²) in [6.07, 6.45) is 5.09. The SMILES string of the molecule is N#CC1(NC(=O)C2CC(=O)N(Cc3ccco3)C2)CCCC1. The Kier molecular flexibility index (Phi) is 3.88. The molecular weight excluding hydrogens is 282 g/mol. The van der Waals surface area contributed by atoms with E-state index in [2.05, 4.69) is 11.4 Å². The van der Waals surface area contributed by atoms with Crippen molar-refractivity contribution in [1.29, 1.82) is 5.26 Å². The van der Waals surface area contributed by atoms with Crippen molar-refractivity contribution in [2.45, 2.75) is 44.2 Å². The maximum Gasteiger partial charge on any atom is 0.226 e. The molecular formula is C16H19N3O3. The summed E-state index contributed by atoms with van der Waals surface area (Å²) in [6.45, 7) is 0.770. The van der Waals surface area contributed by atoms with Crippen LogP contribution in [0.1, 0.15) is 37.9 Å². The lowest BCUT2D eigenvalue weighted by molar-refractivity contribution is -0.129. The highest BCUT2D eigenvalue weighted by Gasteiger charge is 2.40. The molecule has 2 heterocycles. The number of hydrogen-bond acceptors (Lipinski definition) is 4. The highest BCUT2D eigenvalue weighted by atomic mass is 16.3. The maximum absolute atomic E-state index is 12.4. The minimum atomic E-state index is -0.728. The number of amides is 2. The van der Waals surface area contributed by atoms with Crippen LogP contribution in [0, 0.1) is 17.2 Å². The molecule has 1 aliphatic heterocycles. The predicted molar refractivity (Wildman–Crippen MR) is 77.2 cm³/mol. The fourth-order valence-electron chi connectivity index (χ4n) is 3.27. The molecule has 1 unspecified atom stereocenters. The van der Waals surface area contributed by atoms with E-state index in [1.54, 1.807) is 17.2 Å². The number of nitriles is 1. The summed E-state index contributed by atoms with van der Waals surface area (Å²) in [5.41, 5.74) is -0.728. The van der Waals surface area contributed by atoms with Gasteiger partial charge in [-0.2, -0.15) is 5.26 Å². The topological polar surface area (TPSA) is 86.3 Å². The monoisotopic (exact) mass is 301 g/mol. The highest BCUT2D eigenvalue weighted by Crippen LogP contribution is 2.30. The van der Waals surface area contributed by atoms with Crippen molar-refractivity contribution in [2.24, 2.45) is 5.92 Å². The molecule has 1 aliphatic carbocycles. The number of nitrogens with one attached hydrogen (secondary N) is 1. The molecule has 0 aromatic carbocycles. The largest absolute Gasteiger partial charge is 0.467 e. The van der Waals surface area contributed by atoms with E-state index in [9.17, 15) is 14.9 Å². The molecule has 2 amide bonds. The minimum Gasteiger partial charge on any atom is -0.467 e. The molecule has 2 aliphatic rings. The Morgan fingerprint density at radius 1 is 1.50 bits per heavy atom. The first-order chi connectivity index (χ1) is 10.6. The fraction of sp³-hybridized carbons (Fsp3) is 0.562. The molecule has 6 nitrogen and oxygen atoms in total. The number of hydrogen-bond donors (Lipinski definition) is 1. The van der Waals surface area contributed by atoms with Gasteiger partial charge < -0.3 is 14.6 Å². The molecule has 0 bridgehead atoms. The second kappa shape index (κ2) is 5.84. The zero-order chi connectivity index (χ0) is 15.6. The van der Waals surface area contributed by atoms with Crippen LogP contribution in [0.2, 0.25) is 0 Å². The molecule has 116 valence electrons. The highest BCUT2D eigenvalue weighted by molar-refractivity contribution is 5.89. The zero-order valence-corrected chi connectivity index (χ0v) is 12.4. The van der Waals surface area contributed by atoms with Crippen LogP contribution in [0.5, 0.6) is 0 Å². The summed E-state index contributed by atoms with van der Waals surface area (Å²) in [4.78, 5) is 26.1. The first kappa shape index (κ1) is 14.6. The average molecular weight is 301 g/mol. The second-order valence-electron chi connectivity index (χ2n) is 6.14. The van der Waals surface area contributed by atoms with Crippen LogP contribution in [-0.2, 0) is 16.1 Å². The Morgan fingerprint density at radius 2 is 2.27 bits per heavy atom. The molecule has 2 fully saturated rings. The minimum absolute atomic E-state index is 0.0472. The number of nitrogens with zero attached hydrogens (tertiary/aromatic N) is 2. The van der Waals surface area contributed by atoms with Crippen LogP contribution in [0.25, 0.3) is 0 Å². The van der Waals surface area contributed by atoms with Gasteiger partial charge in [-0.05, 0) is 37.8 Å². The van der Waals surface area contributed by atoms with Crippen molar-refractivity contribution in [2.75, 3.05) is 6.54 Å². The summed E-state index contributed by atoms with van der Waals surface area (Å²) in [5, 5.41) is 12.2. The van der Waals surface area contributed by atoms with Gasteiger partial charge in [0.25, 0.3) is 0 Å². The quantitative estimate of drug-likeness (QED) is 0.914. The molecule has 0 spiro atoms. The van der Waals surface area contributed by atoms with E-state index < -0.39 is 5.54 Å². The molecule has 1 atom stereocenters. The van der Waals surface area contributed by atoms with E-state index in [4.69, 9.17) is 4.42 Å². The van der Waals surface area contributed by atoms with Crippen molar-refractivity contribution in [3.63, 3.8) is 0 Å². The van der Waals surface area contributed by atoms with Crippen LogP contribution < -0.4 is 5.32 Å². The smallest absolute Gasteiger partial charge is 0.226 e. The van der Waals surface area contributed by atoms with E-state index >= 15 is 0 Å². The third-order valence-corrected chi connectivity index (χ3v) is 4.55. The van der Waals surface area contributed by atoms with Crippen LogP contribution in [0.4, 0.5) is 0 Å². The van der Waals surface area contributed by atoms with Gasteiger partial charge in [0.15, 0.2) is 0 Å². The third kappa shape index (κ3) is 2.84. The second-order valence-corrected chi connectivity index (χ2v) is 6.14. The Hall–Kier alpha value is -2.29. The number of carbonyl (C=O) groups excluding carboxylic acids is 2. The van der Waals surface area contributed by atoms with E-state index in [0.717, 1.165) is 12.8 Å². The lowest BCUT2D eigenvalue weighted by Gasteiger charge is -2.24. The van der Waals surface area contributed by atoms with Crippen molar-refractivity contribution in [3.05, 3.63) is 24.2 Å². The summed E-state index contributed by atoms with van der Waals surface area (Å²) >= 11 is 0. The van der Waals surface area contributed by atoms with E-state index in [-0.39, 0.29) is 24.2 Å². The third-order valence-electron chi connectivity index (χ3n) is 4.55. The number of furan rings is 1. The summed E-state index contributed by atoms with van der Waals surface area (Å²) < 4.78 is 5.24. The Morgan fingerprint density at radius 3 is 2.91 bits per heavy atom. The van der Waals surface area contributed by atoms with Gasteiger partial charge in [-0.3, -0.25) is 9.59 Å². The van der Waals surface area contributed by atoms with Crippen molar-refractivity contribution in [3.8, 4) is 6.07 Å². The normalized spacial score (nSPS) is 23.5. The van der Waals surface area contributed by atoms with Crippen LogP contribution in [-0.4, -0.2) is 28.8 Å². The maximum atomic E-state index is 12.4. The molecule has 1 N–H and O–H groups in total. The van der Waals surface area contributed by atoms with Crippen LogP contribution >= 0.6 is 0 Å². The molecule has 6 heteroatoms. The van der Waals surface area contributed by atoms with Gasteiger partial charge in [0.05, 0.1) is 24.8 Å². The van der Waals surface area contributed by atoms with Crippen molar-refractivity contribution >= 4 is 11.8 Å². The predicted octanol–water partition coefficient (Wildman–Crippen LogP) is 1.58. The Bertz CT molecular complexity index is 597. The standard InChI is InChI=1S/C16H19N3O3/c17-11-16(5-1-2-6-16)18-15(21)12-8-14(20)19(9-12)10-13-4-3-7-22-13/h3-4,7,12H,1-2,5-6,8-10H2,(H,18,21). The number of carbonyl (C=O) groups is 2. The summed E-state index contributed by atoms with van der Waals surface area (Å²) in [5.74, 6) is 0.0970. The van der Waals surface area contributed by atoms with E-state index in [1.807, 2.05) is 6.07 Å². The average Bonchev–Trinajstić information content (AvgIpc) is 3.22. The first-order valence-corrected chi connectivity index (χ1v) is 7.65. The van der Waals surface area contributed by atoms with Gasteiger partial charge in [-0.25, -0.2) is 0 Å². The van der Waals surface area contributed by atoms with Crippen LogP contribution in [0.3, 0.4) is 0 Å². The molecule has 22 heavy (non-hydrogen) atoms. The van der Waals surface area contributed by atoms with E-state index in [0.29, 0.717) is 31.7 Å². The molecule has 1 aromatic rings. The first-order valence-electron chi connectivity index (χ1n) is 7.65. The van der Waals surface area contributed by atoms with Gasteiger partial charge in [-0.1, -0.05) is 0 Å². The molecule has 1 saturated heterocycles. The molecule has 1 aromatic heterocycles. The molecule has 3 rings (SSSR count). The van der Waals surface area contributed by atoms with Gasteiger partial charge in [0.2, 0.25) is 11.8 Å². The van der Waals surface area contributed by atoms with Crippen LogP contribution in [0.15, 0.2) is 22.8 Å². The summed E-state index contributed by atoms with van der Waals surface area (Å²) in [6, 6.07) is 5.83. The van der Waals surface area contributed by atoms with Gasteiger partial charge in [0.1, 0.15) is 11.3 Å². The molecule has 1 saturated carbocycles. The van der Waals surface area contributed by atoms with Crippen molar-refractivity contribution < 1.29 is 14.0 Å².